The lowest BCUT2D eigenvalue weighted by Crippen LogP contribution is -1.74. The van der Waals surface area contributed by atoms with E-state index < -0.39 is 0 Å². The zero-order valence-corrected chi connectivity index (χ0v) is 8.45. The molecule has 0 aliphatic carbocycles. The first-order valence-electron chi connectivity index (χ1n) is 2.38. The molecule has 0 atom stereocenters. The van der Waals surface area contributed by atoms with Gasteiger partial charge in [0.05, 0.1) is 0 Å². The molecule has 0 aromatic heterocycles. The molecule has 0 nitrogen and oxygen atoms in total. The third-order valence-corrected chi connectivity index (χ3v) is 3.32. The monoisotopic (exact) mass is 268 g/mol. The summed E-state index contributed by atoms with van der Waals surface area (Å²) in [7, 11) is 0. The minimum absolute atomic E-state index is 0.935. The first-order valence-corrected chi connectivity index (χ1v) is 4.35. The summed E-state index contributed by atoms with van der Waals surface area (Å²) in [5.41, 5.74) is 0. The van der Waals surface area contributed by atoms with Crippen LogP contribution in [-0.2, 0) is 0 Å². The van der Waals surface area contributed by atoms with E-state index in [2.05, 4.69) is 47.8 Å². The first kappa shape index (κ1) is 7.75. The third kappa shape index (κ3) is 1.78. The topological polar surface area (TPSA) is 0 Å². The molecular formula is C6H5IS2. The van der Waals surface area contributed by atoms with E-state index in [0.29, 0.717) is 0 Å². The average molecular weight is 268 g/mol. The van der Waals surface area contributed by atoms with Crippen LogP contribution < -0.4 is 0 Å². The summed E-state index contributed by atoms with van der Waals surface area (Å²) in [5.74, 6) is 0. The van der Waals surface area contributed by atoms with Crippen molar-refractivity contribution in [1.82, 2.24) is 0 Å². The van der Waals surface area contributed by atoms with Gasteiger partial charge in [0.2, 0.25) is 0 Å². The summed E-state index contributed by atoms with van der Waals surface area (Å²) >= 11 is 10.6. The van der Waals surface area contributed by atoms with Gasteiger partial charge in [-0.05, 0) is 34.7 Å². The second-order valence-electron chi connectivity index (χ2n) is 1.61. The Kier molecular flexibility index (Phi) is 2.73. The summed E-state index contributed by atoms with van der Waals surface area (Å²) < 4.78 is 1.14. The van der Waals surface area contributed by atoms with Crippen molar-refractivity contribution in [2.24, 2.45) is 0 Å². The van der Waals surface area contributed by atoms with Crippen LogP contribution in [0.4, 0.5) is 0 Å². The maximum absolute atomic E-state index is 4.23. The Hall–Kier alpha value is 0.650. The van der Waals surface area contributed by atoms with Crippen molar-refractivity contribution in [1.29, 1.82) is 0 Å². The molecule has 0 aliphatic heterocycles. The molecule has 1 aromatic rings. The molecular weight excluding hydrogens is 263 g/mol. The second-order valence-corrected chi connectivity index (χ2v) is 3.70. The highest BCUT2D eigenvalue weighted by Gasteiger charge is 1.95. The SMILES string of the molecule is Sc1cccc(I)c1S. The van der Waals surface area contributed by atoms with Crippen molar-refractivity contribution in [3.8, 4) is 0 Å². The normalized spacial score (nSPS) is 9.67. The minimum Gasteiger partial charge on any atom is -0.142 e. The summed E-state index contributed by atoms with van der Waals surface area (Å²) in [5, 5.41) is 0. The van der Waals surface area contributed by atoms with E-state index in [9.17, 15) is 0 Å². The molecule has 0 aliphatic rings. The molecule has 9 heavy (non-hydrogen) atoms. The van der Waals surface area contributed by atoms with Crippen LogP contribution in [0, 0.1) is 3.57 Å². The Morgan fingerprint density at radius 1 is 1.22 bits per heavy atom. The molecule has 3 heteroatoms. The van der Waals surface area contributed by atoms with E-state index >= 15 is 0 Å². The quantitative estimate of drug-likeness (QED) is 0.524. The molecule has 0 radical (unpaired) electrons. The Morgan fingerprint density at radius 2 is 1.89 bits per heavy atom. The van der Waals surface area contributed by atoms with Gasteiger partial charge in [-0.3, -0.25) is 0 Å². The standard InChI is InChI=1S/C6H5IS2/c7-4-2-1-3-5(8)6(4)9/h1-3,8-9H. The Labute approximate surface area is 79.0 Å². The molecule has 0 saturated heterocycles. The smallest absolute Gasteiger partial charge is 0.0308 e. The van der Waals surface area contributed by atoms with Crippen LogP contribution in [0.2, 0.25) is 0 Å². The Bertz CT molecular complexity index is 202. The predicted octanol–water partition coefficient (Wildman–Crippen LogP) is 2.87. The van der Waals surface area contributed by atoms with Gasteiger partial charge >= 0.3 is 0 Å². The van der Waals surface area contributed by atoms with Gasteiger partial charge < -0.3 is 0 Å². The molecule has 0 amide bonds. The van der Waals surface area contributed by atoms with Gasteiger partial charge in [-0.2, -0.15) is 0 Å². The van der Waals surface area contributed by atoms with Crippen molar-refractivity contribution in [3.05, 3.63) is 21.8 Å². The van der Waals surface area contributed by atoms with E-state index in [1.165, 1.54) is 0 Å². The summed E-state index contributed by atoms with van der Waals surface area (Å²) in [4.78, 5) is 1.90. The highest BCUT2D eigenvalue weighted by Crippen LogP contribution is 2.22. The van der Waals surface area contributed by atoms with Gasteiger partial charge in [0, 0.05) is 13.4 Å². The zero-order chi connectivity index (χ0) is 6.85. The number of hydrogen-bond donors (Lipinski definition) is 2. The highest BCUT2D eigenvalue weighted by atomic mass is 127. The van der Waals surface area contributed by atoms with Crippen LogP contribution in [-0.4, -0.2) is 0 Å². The second kappa shape index (κ2) is 3.16. The van der Waals surface area contributed by atoms with Crippen LogP contribution in [0.25, 0.3) is 0 Å². The Balaban J connectivity index is 3.25. The van der Waals surface area contributed by atoms with Gasteiger partial charge in [-0.25, -0.2) is 0 Å². The van der Waals surface area contributed by atoms with Crippen molar-refractivity contribution in [2.45, 2.75) is 9.79 Å². The largest absolute Gasteiger partial charge is 0.142 e. The number of rotatable bonds is 0. The van der Waals surface area contributed by atoms with E-state index in [-0.39, 0.29) is 0 Å². The third-order valence-electron chi connectivity index (χ3n) is 0.965. The molecule has 48 valence electrons. The molecule has 0 heterocycles. The fourth-order valence-electron chi connectivity index (χ4n) is 0.504. The fourth-order valence-corrected chi connectivity index (χ4v) is 1.57. The minimum atomic E-state index is 0.935. The Morgan fingerprint density at radius 3 is 2.33 bits per heavy atom. The number of thiol groups is 2. The van der Waals surface area contributed by atoms with Crippen LogP contribution in [0.5, 0.6) is 0 Å². The van der Waals surface area contributed by atoms with Crippen molar-refractivity contribution in [3.63, 3.8) is 0 Å². The van der Waals surface area contributed by atoms with Crippen LogP contribution in [0.3, 0.4) is 0 Å². The molecule has 1 rings (SSSR count). The van der Waals surface area contributed by atoms with Gasteiger partial charge in [0.25, 0.3) is 0 Å². The van der Waals surface area contributed by atoms with Crippen molar-refractivity contribution < 1.29 is 0 Å². The molecule has 0 saturated carbocycles. The summed E-state index contributed by atoms with van der Waals surface area (Å²) in [6.45, 7) is 0. The molecule has 0 fully saturated rings. The predicted molar refractivity (Wildman–Crippen MR) is 53.7 cm³/mol. The first-order chi connectivity index (χ1) is 4.22. The lowest BCUT2D eigenvalue weighted by atomic mass is 10.4. The maximum Gasteiger partial charge on any atom is 0.0308 e. The summed E-state index contributed by atoms with van der Waals surface area (Å²) in [6, 6.07) is 5.89. The van der Waals surface area contributed by atoms with E-state index in [4.69, 9.17) is 0 Å². The molecule has 0 unspecified atom stereocenters. The highest BCUT2D eigenvalue weighted by molar-refractivity contribution is 14.1. The van der Waals surface area contributed by atoms with Crippen molar-refractivity contribution >= 4 is 47.8 Å². The number of benzene rings is 1. The molecule has 1 aromatic carbocycles. The molecule has 0 spiro atoms. The average Bonchev–Trinajstić information content (AvgIpc) is 1.83. The van der Waals surface area contributed by atoms with Crippen molar-refractivity contribution in [2.75, 3.05) is 0 Å². The van der Waals surface area contributed by atoms with Gasteiger partial charge in [-0.1, -0.05) is 6.07 Å². The van der Waals surface area contributed by atoms with E-state index in [0.717, 1.165) is 13.4 Å². The van der Waals surface area contributed by atoms with E-state index in [1.54, 1.807) is 0 Å². The van der Waals surface area contributed by atoms with Gasteiger partial charge in [0.1, 0.15) is 0 Å². The number of halogens is 1. The van der Waals surface area contributed by atoms with Crippen LogP contribution in [0.1, 0.15) is 0 Å². The number of hydrogen-bond acceptors (Lipinski definition) is 2. The van der Waals surface area contributed by atoms with Gasteiger partial charge in [-0.15, -0.1) is 25.3 Å². The lowest BCUT2D eigenvalue weighted by Gasteiger charge is -1.97. The molecule has 0 N–H and O–H groups in total. The summed E-state index contributed by atoms with van der Waals surface area (Å²) in [6.07, 6.45) is 0. The van der Waals surface area contributed by atoms with Crippen LogP contribution >= 0.6 is 47.8 Å². The zero-order valence-electron chi connectivity index (χ0n) is 4.50. The lowest BCUT2D eigenvalue weighted by molar-refractivity contribution is 1.23. The van der Waals surface area contributed by atoms with E-state index in [1.807, 2.05) is 18.2 Å². The van der Waals surface area contributed by atoms with Crippen LogP contribution in [0.15, 0.2) is 28.0 Å². The van der Waals surface area contributed by atoms with Gasteiger partial charge in [0.15, 0.2) is 0 Å². The molecule has 0 bridgehead atoms. The maximum atomic E-state index is 4.23. The fraction of sp³-hybridized carbons (Fsp3) is 0.